The van der Waals surface area contributed by atoms with Crippen LogP contribution in [0.4, 0.5) is 10.5 Å². The molecule has 3 aliphatic carbocycles. The third-order valence-electron chi connectivity index (χ3n) is 6.47. The van der Waals surface area contributed by atoms with E-state index in [0.717, 1.165) is 44.2 Å². The second kappa shape index (κ2) is 7.97. The van der Waals surface area contributed by atoms with Gasteiger partial charge in [-0.15, -0.1) is 0 Å². The molecule has 1 fully saturated rings. The predicted octanol–water partition coefficient (Wildman–Crippen LogP) is 2.56. The van der Waals surface area contributed by atoms with Gasteiger partial charge in [-0.1, -0.05) is 6.07 Å². The minimum Gasteiger partial charge on any atom is -0.354 e. The maximum atomic E-state index is 12.7. The van der Waals surface area contributed by atoms with Crippen molar-refractivity contribution < 1.29 is 18.0 Å². The molecule has 7 nitrogen and oxygen atoms in total. The average Bonchev–Trinajstić information content (AvgIpc) is 3.30. The number of fused-ring (bicyclic) bond motifs is 2. The Morgan fingerprint density at radius 1 is 0.931 bits per heavy atom. The Labute approximate surface area is 172 Å². The third-order valence-corrected chi connectivity index (χ3v) is 8.29. The first kappa shape index (κ1) is 20.2. The molecule has 29 heavy (non-hydrogen) atoms. The third kappa shape index (κ3) is 4.27. The first-order valence-electron chi connectivity index (χ1n) is 10.6. The number of urea groups is 1. The van der Waals surface area contributed by atoms with Gasteiger partial charge in [0.15, 0.2) is 0 Å². The fraction of sp³-hybridized carbons (Fsp3) is 0.619. The minimum absolute atomic E-state index is 0.0160. The summed E-state index contributed by atoms with van der Waals surface area (Å²) >= 11 is 0. The lowest BCUT2D eigenvalue weighted by Gasteiger charge is -2.28. The summed E-state index contributed by atoms with van der Waals surface area (Å²) in [6.45, 7) is 1.46. The topological polar surface area (TPSA) is 104 Å². The van der Waals surface area contributed by atoms with Crippen LogP contribution in [0.5, 0.6) is 0 Å². The van der Waals surface area contributed by atoms with Crippen molar-refractivity contribution in [2.75, 3.05) is 5.32 Å². The molecule has 158 valence electrons. The van der Waals surface area contributed by atoms with E-state index in [1.165, 1.54) is 29.2 Å². The van der Waals surface area contributed by atoms with Crippen LogP contribution in [0.1, 0.15) is 67.7 Å². The zero-order valence-electron chi connectivity index (χ0n) is 16.8. The van der Waals surface area contributed by atoms with Crippen LogP contribution >= 0.6 is 0 Å². The Hall–Kier alpha value is -2.09. The van der Waals surface area contributed by atoms with Gasteiger partial charge < -0.3 is 10.6 Å². The molecule has 8 heteroatoms. The highest BCUT2D eigenvalue weighted by Gasteiger charge is 2.33. The van der Waals surface area contributed by atoms with Gasteiger partial charge in [0.25, 0.3) is 0 Å². The van der Waals surface area contributed by atoms with Crippen LogP contribution < -0.4 is 15.4 Å². The van der Waals surface area contributed by atoms with Gasteiger partial charge in [0, 0.05) is 18.7 Å². The standard InChI is InChI=1S/C21H29N3O4S/c1-13(25)22-16-8-10-17(11-9-16)29(27,28)24-21(26)23-20-18-6-2-4-14(18)12-15-5-3-7-19(15)20/h12,16-17H,2-11H2,1H3,(H,22,25)(H2,23,24,26). The Balaban J connectivity index is 1.42. The van der Waals surface area contributed by atoms with Crippen LogP contribution in [-0.4, -0.2) is 31.6 Å². The maximum absolute atomic E-state index is 12.7. The highest BCUT2D eigenvalue weighted by Crippen LogP contribution is 2.38. The molecule has 3 aliphatic rings. The van der Waals surface area contributed by atoms with Crippen LogP contribution in [-0.2, 0) is 40.5 Å². The molecule has 0 atom stereocenters. The fourth-order valence-electron chi connectivity index (χ4n) is 5.12. The summed E-state index contributed by atoms with van der Waals surface area (Å²) in [6, 6.07) is 1.63. The zero-order valence-corrected chi connectivity index (χ0v) is 17.7. The molecule has 1 aromatic carbocycles. The number of amides is 3. The van der Waals surface area contributed by atoms with Gasteiger partial charge >= 0.3 is 6.03 Å². The normalized spacial score (nSPS) is 23.2. The van der Waals surface area contributed by atoms with E-state index in [2.05, 4.69) is 21.4 Å². The van der Waals surface area contributed by atoms with Gasteiger partial charge in [-0.2, -0.15) is 0 Å². The summed E-state index contributed by atoms with van der Waals surface area (Å²) in [6.07, 6.45) is 8.13. The first-order valence-corrected chi connectivity index (χ1v) is 12.1. The van der Waals surface area contributed by atoms with Gasteiger partial charge in [-0.05, 0) is 86.5 Å². The van der Waals surface area contributed by atoms with Crippen molar-refractivity contribution in [2.24, 2.45) is 0 Å². The van der Waals surface area contributed by atoms with Crippen LogP contribution in [0, 0.1) is 0 Å². The van der Waals surface area contributed by atoms with Crippen molar-refractivity contribution in [2.45, 2.75) is 82.4 Å². The molecule has 0 aromatic heterocycles. The average molecular weight is 420 g/mol. The van der Waals surface area contributed by atoms with E-state index in [1.807, 2.05) is 0 Å². The van der Waals surface area contributed by atoms with Crippen LogP contribution in [0.25, 0.3) is 0 Å². The molecule has 0 unspecified atom stereocenters. The van der Waals surface area contributed by atoms with E-state index >= 15 is 0 Å². The molecular formula is C21H29N3O4S. The quantitative estimate of drug-likeness (QED) is 0.698. The number of carbonyl (C=O) groups excluding carboxylic acids is 2. The number of aryl methyl sites for hydroxylation is 2. The first-order chi connectivity index (χ1) is 13.8. The lowest BCUT2D eigenvalue weighted by Crippen LogP contribution is -2.45. The van der Waals surface area contributed by atoms with Gasteiger partial charge in [0.2, 0.25) is 15.9 Å². The molecule has 0 bridgehead atoms. The molecule has 1 aromatic rings. The Morgan fingerprint density at radius 2 is 1.52 bits per heavy atom. The summed E-state index contributed by atoms with van der Waals surface area (Å²) in [5.41, 5.74) is 5.78. The highest BCUT2D eigenvalue weighted by molar-refractivity contribution is 7.90. The number of sulfonamides is 1. The van der Waals surface area contributed by atoms with E-state index in [0.29, 0.717) is 25.7 Å². The van der Waals surface area contributed by atoms with E-state index in [1.54, 1.807) is 0 Å². The zero-order chi connectivity index (χ0) is 20.6. The van der Waals surface area contributed by atoms with Gasteiger partial charge in [-0.3, -0.25) is 4.79 Å². The van der Waals surface area contributed by atoms with Crippen molar-refractivity contribution in [1.29, 1.82) is 0 Å². The summed E-state index contributed by atoms with van der Waals surface area (Å²) in [4.78, 5) is 23.8. The summed E-state index contributed by atoms with van der Waals surface area (Å²) < 4.78 is 27.7. The van der Waals surface area contributed by atoms with Crippen molar-refractivity contribution in [3.8, 4) is 0 Å². The number of hydrogen-bond donors (Lipinski definition) is 3. The minimum atomic E-state index is -3.76. The Morgan fingerprint density at radius 3 is 2.07 bits per heavy atom. The monoisotopic (exact) mass is 419 g/mol. The van der Waals surface area contributed by atoms with Crippen molar-refractivity contribution in [3.63, 3.8) is 0 Å². The molecular weight excluding hydrogens is 390 g/mol. The number of anilines is 1. The van der Waals surface area contributed by atoms with Crippen LogP contribution in [0.2, 0.25) is 0 Å². The molecule has 3 N–H and O–H groups in total. The number of hydrogen-bond acceptors (Lipinski definition) is 4. The second-order valence-electron chi connectivity index (χ2n) is 8.51. The summed E-state index contributed by atoms with van der Waals surface area (Å²) in [7, 11) is -3.76. The number of nitrogens with one attached hydrogen (secondary N) is 3. The predicted molar refractivity (Wildman–Crippen MR) is 111 cm³/mol. The largest absolute Gasteiger partial charge is 0.354 e. The smallest absolute Gasteiger partial charge is 0.332 e. The Bertz CT molecular complexity index is 901. The molecule has 3 amide bonds. The number of rotatable bonds is 4. The Kier molecular flexibility index (Phi) is 5.55. The number of carbonyl (C=O) groups is 2. The van der Waals surface area contributed by atoms with E-state index in [9.17, 15) is 18.0 Å². The van der Waals surface area contributed by atoms with Gasteiger partial charge in [0.05, 0.1) is 5.25 Å². The van der Waals surface area contributed by atoms with E-state index in [-0.39, 0.29) is 11.9 Å². The van der Waals surface area contributed by atoms with Gasteiger partial charge in [-0.25, -0.2) is 17.9 Å². The molecule has 1 saturated carbocycles. The maximum Gasteiger partial charge on any atom is 0.332 e. The van der Waals surface area contributed by atoms with Crippen molar-refractivity contribution in [3.05, 3.63) is 28.3 Å². The summed E-state index contributed by atoms with van der Waals surface area (Å²) in [5, 5.41) is 5.12. The van der Waals surface area contributed by atoms with E-state index in [4.69, 9.17) is 0 Å². The SMILES string of the molecule is CC(=O)NC1CCC(S(=O)(=O)NC(=O)Nc2c3c(cc4c2CCC4)CCC3)CC1. The van der Waals surface area contributed by atoms with Crippen LogP contribution in [0.3, 0.4) is 0 Å². The van der Waals surface area contributed by atoms with Crippen molar-refractivity contribution >= 4 is 27.6 Å². The van der Waals surface area contributed by atoms with Crippen LogP contribution in [0.15, 0.2) is 6.07 Å². The highest BCUT2D eigenvalue weighted by atomic mass is 32.2. The number of benzene rings is 1. The fourth-order valence-corrected chi connectivity index (χ4v) is 6.49. The molecule has 4 rings (SSSR count). The van der Waals surface area contributed by atoms with Gasteiger partial charge in [0.1, 0.15) is 0 Å². The summed E-state index contributed by atoms with van der Waals surface area (Å²) in [5.74, 6) is -0.100. The lowest BCUT2D eigenvalue weighted by atomic mass is 9.95. The second-order valence-corrected chi connectivity index (χ2v) is 10.5. The van der Waals surface area contributed by atoms with E-state index < -0.39 is 21.3 Å². The molecule has 0 aliphatic heterocycles. The molecule has 0 saturated heterocycles. The molecule has 0 radical (unpaired) electrons. The molecule has 0 heterocycles. The molecule has 0 spiro atoms. The lowest BCUT2D eigenvalue weighted by molar-refractivity contribution is -0.119. The van der Waals surface area contributed by atoms with Crippen molar-refractivity contribution in [1.82, 2.24) is 10.0 Å².